The zero-order valence-electron chi connectivity index (χ0n) is 11.5. The molecule has 2 aromatic rings. The van der Waals surface area contributed by atoms with Gasteiger partial charge in [-0.3, -0.25) is 9.89 Å². The predicted octanol–water partition coefficient (Wildman–Crippen LogP) is 2.56. The van der Waals surface area contributed by atoms with Crippen LogP contribution in [0.25, 0.3) is 11.3 Å². The summed E-state index contributed by atoms with van der Waals surface area (Å²) in [6, 6.07) is 7.98. The number of hydrogen-bond donors (Lipinski definition) is 3. The summed E-state index contributed by atoms with van der Waals surface area (Å²) in [5.74, 6) is 0.502. The highest BCUT2D eigenvalue weighted by molar-refractivity contribution is 9.10. The molecule has 0 radical (unpaired) electrons. The highest BCUT2D eigenvalue weighted by atomic mass is 79.9. The van der Waals surface area contributed by atoms with Crippen LogP contribution >= 0.6 is 15.9 Å². The fourth-order valence-electron chi connectivity index (χ4n) is 2.00. The molecule has 5 nitrogen and oxygen atoms in total. The number of rotatable bonds is 5. The van der Waals surface area contributed by atoms with E-state index in [2.05, 4.69) is 36.8 Å². The van der Waals surface area contributed by atoms with Crippen molar-refractivity contribution < 1.29 is 4.79 Å². The second-order valence-corrected chi connectivity index (χ2v) is 5.28. The number of aromatic amines is 1. The Morgan fingerprint density at radius 1 is 1.35 bits per heavy atom. The fourth-order valence-corrected chi connectivity index (χ4v) is 2.27. The number of benzene rings is 1. The Balaban J connectivity index is 2.29. The lowest BCUT2D eigenvalue weighted by atomic mass is 10.1. The van der Waals surface area contributed by atoms with Gasteiger partial charge in [0.15, 0.2) is 5.82 Å². The van der Waals surface area contributed by atoms with E-state index in [1.165, 1.54) is 0 Å². The topological polar surface area (TPSA) is 69.8 Å². The third-order valence-electron chi connectivity index (χ3n) is 2.95. The van der Waals surface area contributed by atoms with Crippen LogP contribution < -0.4 is 10.6 Å². The normalized spacial score (nSPS) is 10.6. The van der Waals surface area contributed by atoms with Crippen molar-refractivity contribution in [1.29, 1.82) is 0 Å². The zero-order chi connectivity index (χ0) is 14.5. The lowest BCUT2D eigenvalue weighted by Gasteiger charge is -2.05. The maximum absolute atomic E-state index is 11.6. The Morgan fingerprint density at radius 3 is 2.65 bits per heavy atom. The predicted molar refractivity (Wildman–Crippen MR) is 83.7 cm³/mol. The summed E-state index contributed by atoms with van der Waals surface area (Å²) in [6.45, 7) is 2.31. The van der Waals surface area contributed by atoms with Crippen molar-refractivity contribution in [3.05, 3.63) is 34.3 Å². The summed E-state index contributed by atoms with van der Waals surface area (Å²) in [4.78, 5) is 11.6. The minimum Gasteiger partial charge on any atom is -0.311 e. The zero-order valence-corrected chi connectivity index (χ0v) is 13.0. The first kappa shape index (κ1) is 14.7. The molecule has 0 aliphatic carbocycles. The molecule has 2 rings (SSSR count). The number of amides is 1. The van der Waals surface area contributed by atoms with Crippen LogP contribution in [0, 0.1) is 0 Å². The second kappa shape index (κ2) is 6.67. The Morgan fingerprint density at radius 2 is 2.05 bits per heavy atom. The Hall–Kier alpha value is -1.66. The van der Waals surface area contributed by atoms with Crippen LogP contribution in [-0.4, -0.2) is 29.7 Å². The molecule has 0 aliphatic heterocycles. The van der Waals surface area contributed by atoms with E-state index in [4.69, 9.17) is 0 Å². The van der Waals surface area contributed by atoms with Crippen molar-refractivity contribution in [1.82, 2.24) is 15.5 Å². The third kappa shape index (κ3) is 3.26. The molecule has 1 aromatic carbocycles. The minimum atomic E-state index is -0.101. The second-order valence-electron chi connectivity index (χ2n) is 4.36. The molecule has 0 spiro atoms. The van der Waals surface area contributed by atoms with Gasteiger partial charge in [0.05, 0.1) is 12.2 Å². The molecule has 3 N–H and O–H groups in total. The van der Waals surface area contributed by atoms with Crippen molar-refractivity contribution in [2.24, 2.45) is 0 Å². The highest BCUT2D eigenvalue weighted by Crippen LogP contribution is 2.28. The van der Waals surface area contributed by atoms with Gasteiger partial charge in [-0.25, -0.2) is 0 Å². The molecular formula is C14H17BrN4O. The number of carbonyl (C=O) groups excluding carboxylic acids is 1. The number of aromatic nitrogens is 2. The summed E-state index contributed by atoms with van der Waals surface area (Å²) in [7, 11) is 1.73. The lowest BCUT2D eigenvalue weighted by Crippen LogP contribution is -2.25. The first-order valence-corrected chi connectivity index (χ1v) is 7.22. The lowest BCUT2D eigenvalue weighted by molar-refractivity contribution is -0.115. The number of nitrogens with one attached hydrogen (secondary N) is 3. The molecule has 0 saturated heterocycles. The Kier molecular flexibility index (Phi) is 4.92. The molecule has 0 fully saturated rings. The van der Waals surface area contributed by atoms with Crippen LogP contribution in [0.15, 0.2) is 28.7 Å². The van der Waals surface area contributed by atoms with Gasteiger partial charge >= 0.3 is 0 Å². The summed E-state index contributed by atoms with van der Waals surface area (Å²) < 4.78 is 1.03. The quantitative estimate of drug-likeness (QED) is 0.785. The largest absolute Gasteiger partial charge is 0.311 e. The molecule has 0 unspecified atom stereocenters. The molecule has 106 valence electrons. The van der Waals surface area contributed by atoms with Gasteiger partial charge in [0.25, 0.3) is 0 Å². The van der Waals surface area contributed by atoms with Crippen molar-refractivity contribution in [2.75, 3.05) is 18.9 Å². The Labute approximate surface area is 126 Å². The van der Waals surface area contributed by atoms with E-state index in [0.717, 1.165) is 27.7 Å². The first-order valence-electron chi connectivity index (χ1n) is 6.43. The number of halogens is 1. The molecule has 6 heteroatoms. The summed E-state index contributed by atoms with van der Waals surface area (Å²) >= 11 is 3.42. The van der Waals surface area contributed by atoms with E-state index in [9.17, 15) is 4.79 Å². The van der Waals surface area contributed by atoms with Gasteiger partial charge in [-0.2, -0.15) is 5.10 Å². The maximum atomic E-state index is 11.6. The molecule has 1 aromatic heterocycles. The van der Waals surface area contributed by atoms with Crippen LogP contribution in [0.2, 0.25) is 0 Å². The van der Waals surface area contributed by atoms with Crippen LogP contribution in [0.4, 0.5) is 5.82 Å². The van der Waals surface area contributed by atoms with Gasteiger partial charge < -0.3 is 10.6 Å². The van der Waals surface area contributed by atoms with Crippen molar-refractivity contribution in [3.8, 4) is 11.3 Å². The van der Waals surface area contributed by atoms with E-state index in [1.807, 2.05) is 31.2 Å². The molecule has 0 bridgehead atoms. The minimum absolute atomic E-state index is 0.101. The average molecular weight is 337 g/mol. The van der Waals surface area contributed by atoms with E-state index < -0.39 is 0 Å². The van der Waals surface area contributed by atoms with Gasteiger partial charge in [0.1, 0.15) is 0 Å². The van der Waals surface area contributed by atoms with Gasteiger partial charge in [0, 0.05) is 10.0 Å². The number of likely N-dealkylation sites (N-methyl/N-ethyl adjacent to an activating group) is 1. The molecule has 0 aliphatic rings. The third-order valence-corrected chi connectivity index (χ3v) is 3.48. The number of carbonyl (C=O) groups is 1. The fraction of sp³-hybridized carbons (Fsp3) is 0.286. The van der Waals surface area contributed by atoms with E-state index >= 15 is 0 Å². The van der Waals surface area contributed by atoms with Gasteiger partial charge in [-0.15, -0.1) is 0 Å². The van der Waals surface area contributed by atoms with E-state index in [0.29, 0.717) is 5.82 Å². The van der Waals surface area contributed by atoms with Crippen molar-refractivity contribution in [2.45, 2.75) is 13.3 Å². The van der Waals surface area contributed by atoms with E-state index in [1.54, 1.807) is 7.05 Å². The summed E-state index contributed by atoms with van der Waals surface area (Å²) in [5, 5.41) is 12.8. The van der Waals surface area contributed by atoms with Crippen LogP contribution in [-0.2, 0) is 11.2 Å². The molecule has 20 heavy (non-hydrogen) atoms. The number of anilines is 1. The molecule has 0 atom stereocenters. The van der Waals surface area contributed by atoms with Gasteiger partial charge in [-0.05, 0) is 31.2 Å². The van der Waals surface area contributed by atoms with Crippen molar-refractivity contribution in [3.63, 3.8) is 0 Å². The number of nitrogens with zero attached hydrogens (tertiary/aromatic N) is 1. The smallest absolute Gasteiger partial charge is 0.239 e. The van der Waals surface area contributed by atoms with Crippen LogP contribution in [0.3, 0.4) is 0 Å². The van der Waals surface area contributed by atoms with Crippen molar-refractivity contribution >= 4 is 27.7 Å². The Bertz CT molecular complexity index is 592. The van der Waals surface area contributed by atoms with E-state index in [-0.39, 0.29) is 12.5 Å². The molecule has 0 saturated carbocycles. The molecule has 1 heterocycles. The summed E-state index contributed by atoms with van der Waals surface area (Å²) in [5.41, 5.74) is 3.00. The highest BCUT2D eigenvalue weighted by Gasteiger charge is 2.14. The monoisotopic (exact) mass is 336 g/mol. The average Bonchev–Trinajstić information content (AvgIpc) is 2.82. The molecular weight excluding hydrogens is 320 g/mol. The summed E-state index contributed by atoms with van der Waals surface area (Å²) in [6.07, 6.45) is 0.789. The number of H-pyrrole nitrogens is 1. The first-order chi connectivity index (χ1) is 9.65. The number of hydrogen-bond acceptors (Lipinski definition) is 3. The SMILES string of the molecule is CCc1c(NC(=O)CNC)n[nH]c1-c1ccc(Br)cc1. The van der Waals surface area contributed by atoms with Gasteiger partial charge in [0.2, 0.25) is 5.91 Å². The van der Waals surface area contributed by atoms with Gasteiger partial charge in [-0.1, -0.05) is 35.0 Å². The van der Waals surface area contributed by atoms with Crippen LogP contribution in [0.1, 0.15) is 12.5 Å². The van der Waals surface area contributed by atoms with Crippen LogP contribution in [0.5, 0.6) is 0 Å². The molecule has 1 amide bonds. The standard InChI is InChI=1S/C14H17BrN4O/c1-3-11-13(9-4-6-10(15)7-5-9)18-19-14(11)17-12(20)8-16-2/h4-7,16H,3,8H2,1-2H3,(H2,17,18,19,20). The maximum Gasteiger partial charge on any atom is 0.239 e.